The SMILES string of the molecule is O=S([O-])CCCCN=C(c1ccccc1)c1ccccc1. The normalized spacial score (nSPS) is 11.9. The molecule has 0 aliphatic carbocycles. The van der Waals surface area contributed by atoms with E-state index in [0.29, 0.717) is 13.0 Å². The van der Waals surface area contributed by atoms with E-state index in [1.165, 1.54) is 0 Å². The lowest BCUT2D eigenvalue weighted by molar-refractivity contribution is 0.534. The molecule has 0 amide bonds. The maximum Gasteiger partial charge on any atom is 0.0718 e. The summed E-state index contributed by atoms with van der Waals surface area (Å²) in [6, 6.07) is 20.1. The van der Waals surface area contributed by atoms with Crippen molar-refractivity contribution in [2.45, 2.75) is 12.8 Å². The lowest BCUT2D eigenvalue weighted by Crippen LogP contribution is -2.05. The molecule has 3 nitrogen and oxygen atoms in total. The van der Waals surface area contributed by atoms with Crippen LogP contribution in [0.1, 0.15) is 24.0 Å². The number of aliphatic imine (C=N–C) groups is 1. The number of rotatable bonds is 7. The molecular weight excluding hydrogens is 282 g/mol. The summed E-state index contributed by atoms with van der Waals surface area (Å²) in [5.41, 5.74) is 3.12. The number of unbranched alkanes of at least 4 members (excludes halogenated alkanes) is 1. The van der Waals surface area contributed by atoms with Gasteiger partial charge < -0.3 is 4.55 Å². The van der Waals surface area contributed by atoms with Gasteiger partial charge in [-0.3, -0.25) is 9.20 Å². The van der Waals surface area contributed by atoms with Crippen LogP contribution in [0.2, 0.25) is 0 Å². The topological polar surface area (TPSA) is 52.5 Å². The second kappa shape index (κ2) is 8.49. The maximum absolute atomic E-state index is 10.5. The minimum absolute atomic E-state index is 0.210. The molecule has 0 aliphatic heterocycles. The number of benzene rings is 2. The van der Waals surface area contributed by atoms with Crippen LogP contribution < -0.4 is 0 Å². The van der Waals surface area contributed by atoms with E-state index in [2.05, 4.69) is 4.99 Å². The van der Waals surface area contributed by atoms with Gasteiger partial charge in [-0.25, -0.2) is 0 Å². The van der Waals surface area contributed by atoms with E-state index in [9.17, 15) is 8.76 Å². The van der Waals surface area contributed by atoms with Crippen LogP contribution >= 0.6 is 0 Å². The van der Waals surface area contributed by atoms with Gasteiger partial charge in [-0.2, -0.15) is 0 Å². The first-order valence-corrected chi connectivity index (χ1v) is 8.23. The van der Waals surface area contributed by atoms with Gasteiger partial charge in [-0.15, -0.1) is 0 Å². The lowest BCUT2D eigenvalue weighted by Gasteiger charge is -2.08. The molecule has 0 fully saturated rings. The summed E-state index contributed by atoms with van der Waals surface area (Å²) in [6.07, 6.45) is 1.42. The number of hydrogen-bond donors (Lipinski definition) is 0. The van der Waals surface area contributed by atoms with Crippen LogP contribution in [0.15, 0.2) is 65.7 Å². The first-order chi connectivity index (χ1) is 10.3. The van der Waals surface area contributed by atoms with Gasteiger partial charge in [0.05, 0.1) is 5.71 Å². The predicted octanol–water partition coefficient (Wildman–Crippen LogP) is 3.18. The summed E-state index contributed by atoms with van der Waals surface area (Å²) in [4.78, 5) is 4.68. The molecule has 21 heavy (non-hydrogen) atoms. The van der Waals surface area contributed by atoms with Crippen LogP contribution in [0, 0.1) is 0 Å². The third kappa shape index (κ3) is 5.25. The Bertz CT molecular complexity index is 555. The molecule has 2 rings (SSSR count). The van der Waals surface area contributed by atoms with E-state index < -0.39 is 11.1 Å². The molecule has 2 aromatic carbocycles. The van der Waals surface area contributed by atoms with Crippen molar-refractivity contribution in [1.29, 1.82) is 0 Å². The Hall–Kier alpha value is -1.78. The summed E-state index contributed by atoms with van der Waals surface area (Å²) in [5.74, 6) is 0.210. The molecule has 0 saturated heterocycles. The summed E-state index contributed by atoms with van der Waals surface area (Å²) in [6.45, 7) is 0.635. The highest BCUT2D eigenvalue weighted by Gasteiger charge is 2.05. The Morgan fingerprint density at radius 1 is 0.905 bits per heavy atom. The zero-order valence-corrected chi connectivity index (χ0v) is 12.6. The zero-order chi connectivity index (χ0) is 14.9. The summed E-state index contributed by atoms with van der Waals surface area (Å²) < 4.78 is 21.0. The zero-order valence-electron chi connectivity index (χ0n) is 11.8. The minimum Gasteiger partial charge on any atom is -0.772 e. The Kier molecular flexibility index (Phi) is 6.31. The standard InChI is InChI=1S/C17H19NO2S/c19-21(20)14-8-7-13-18-17(15-9-3-1-4-10-15)16-11-5-2-6-12-16/h1-6,9-12H,7-8,13-14H2,(H,19,20)/p-1. The van der Waals surface area contributed by atoms with Crippen LogP contribution in [0.25, 0.3) is 0 Å². The van der Waals surface area contributed by atoms with Gasteiger partial charge in [-0.1, -0.05) is 71.7 Å². The van der Waals surface area contributed by atoms with Gasteiger partial charge >= 0.3 is 0 Å². The summed E-state index contributed by atoms with van der Waals surface area (Å²) in [5, 5.41) is 0. The van der Waals surface area contributed by atoms with Crippen molar-refractivity contribution in [1.82, 2.24) is 0 Å². The Morgan fingerprint density at radius 3 is 1.90 bits per heavy atom. The Labute approximate surface area is 128 Å². The molecule has 4 heteroatoms. The van der Waals surface area contributed by atoms with Crippen molar-refractivity contribution in [3.05, 3.63) is 71.8 Å². The molecule has 110 valence electrons. The van der Waals surface area contributed by atoms with Crippen molar-refractivity contribution < 1.29 is 8.76 Å². The van der Waals surface area contributed by atoms with Gasteiger partial charge in [0.15, 0.2) is 0 Å². The average Bonchev–Trinajstić information content (AvgIpc) is 2.52. The second-order valence-electron chi connectivity index (χ2n) is 4.68. The smallest absolute Gasteiger partial charge is 0.0718 e. The average molecular weight is 300 g/mol. The fourth-order valence-electron chi connectivity index (χ4n) is 2.06. The predicted molar refractivity (Wildman–Crippen MR) is 86.4 cm³/mol. The molecule has 1 atom stereocenters. The highest BCUT2D eigenvalue weighted by atomic mass is 32.2. The van der Waals surface area contributed by atoms with Crippen molar-refractivity contribution in [2.24, 2.45) is 4.99 Å². The largest absolute Gasteiger partial charge is 0.772 e. The van der Waals surface area contributed by atoms with Crippen LogP contribution in [-0.2, 0) is 11.1 Å². The molecule has 0 radical (unpaired) electrons. The molecule has 0 bridgehead atoms. The quantitative estimate of drug-likeness (QED) is 0.448. The van der Waals surface area contributed by atoms with Gasteiger partial charge in [-0.05, 0) is 12.8 Å². The van der Waals surface area contributed by atoms with E-state index in [4.69, 9.17) is 0 Å². The molecule has 1 unspecified atom stereocenters. The van der Waals surface area contributed by atoms with Gasteiger partial charge in [0, 0.05) is 23.4 Å². The number of hydrogen-bond acceptors (Lipinski definition) is 3. The van der Waals surface area contributed by atoms with E-state index in [1.54, 1.807) is 0 Å². The van der Waals surface area contributed by atoms with E-state index >= 15 is 0 Å². The monoisotopic (exact) mass is 300 g/mol. The fourth-order valence-corrected chi connectivity index (χ4v) is 2.50. The first-order valence-electron chi connectivity index (χ1n) is 6.98. The number of nitrogens with zero attached hydrogens (tertiary/aromatic N) is 1. The van der Waals surface area contributed by atoms with Crippen molar-refractivity contribution in [2.75, 3.05) is 12.3 Å². The van der Waals surface area contributed by atoms with Crippen LogP contribution in [0.3, 0.4) is 0 Å². The molecule has 0 aliphatic rings. The summed E-state index contributed by atoms with van der Waals surface area (Å²) in [7, 11) is 0. The maximum atomic E-state index is 10.5. The second-order valence-corrected chi connectivity index (χ2v) is 5.69. The van der Waals surface area contributed by atoms with E-state index in [-0.39, 0.29) is 5.75 Å². The third-order valence-corrected chi connectivity index (χ3v) is 3.71. The minimum atomic E-state index is -1.95. The molecule has 0 spiro atoms. The molecular formula is C17H18NO2S-. The van der Waals surface area contributed by atoms with Crippen LogP contribution in [0.5, 0.6) is 0 Å². The highest BCUT2D eigenvalue weighted by molar-refractivity contribution is 7.79. The van der Waals surface area contributed by atoms with E-state index in [0.717, 1.165) is 23.3 Å². The third-order valence-electron chi connectivity index (χ3n) is 3.08. The van der Waals surface area contributed by atoms with Crippen molar-refractivity contribution in [3.63, 3.8) is 0 Å². The van der Waals surface area contributed by atoms with Gasteiger partial charge in [0.25, 0.3) is 0 Å². The molecule has 0 heterocycles. The van der Waals surface area contributed by atoms with Crippen molar-refractivity contribution in [3.8, 4) is 0 Å². The highest BCUT2D eigenvalue weighted by Crippen LogP contribution is 2.11. The van der Waals surface area contributed by atoms with Gasteiger partial charge in [0.2, 0.25) is 0 Å². The van der Waals surface area contributed by atoms with Crippen LogP contribution in [0.4, 0.5) is 0 Å². The molecule has 0 aromatic heterocycles. The fraction of sp³-hybridized carbons (Fsp3) is 0.235. The Balaban J connectivity index is 2.11. The molecule has 0 N–H and O–H groups in total. The Morgan fingerprint density at radius 2 is 1.43 bits per heavy atom. The van der Waals surface area contributed by atoms with Gasteiger partial charge in [0.1, 0.15) is 0 Å². The van der Waals surface area contributed by atoms with E-state index in [1.807, 2.05) is 60.7 Å². The summed E-state index contributed by atoms with van der Waals surface area (Å²) >= 11 is -1.95. The molecule has 2 aromatic rings. The first kappa shape index (κ1) is 15.6. The van der Waals surface area contributed by atoms with Crippen molar-refractivity contribution >= 4 is 16.8 Å². The van der Waals surface area contributed by atoms with Crippen LogP contribution in [-0.4, -0.2) is 26.8 Å². The molecule has 0 saturated carbocycles. The lowest BCUT2D eigenvalue weighted by atomic mass is 10.0.